The molecule has 0 bridgehead atoms. The number of aromatic nitrogens is 2. The maximum absolute atomic E-state index is 12.7. The smallest absolute Gasteiger partial charge is 0.392 e. The molecule has 2 rings (SSSR count). The van der Waals surface area contributed by atoms with E-state index in [2.05, 4.69) is 42.9 Å². The minimum Gasteiger partial charge on any atom is -0.392 e. The van der Waals surface area contributed by atoms with E-state index in [0.717, 1.165) is 31.3 Å². The summed E-state index contributed by atoms with van der Waals surface area (Å²) in [6, 6.07) is 5.69. The number of carbonyl (C=O) groups is 2. The number of nitrogens with zero attached hydrogens (tertiary/aromatic N) is 2. The Balaban J connectivity index is 2.06. The van der Waals surface area contributed by atoms with Crippen molar-refractivity contribution in [2.75, 3.05) is 6.61 Å². The first-order valence-electron chi connectivity index (χ1n) is 13.4. The average Bonchev–Trinajstić information content (AvgIpc) is 2.92. The average molecular weight is 549 g/mol. The van der Waals surface area contributed by atoms with Crippen molar-refractivity contribution in [3.8, 4) is 0 Å². The molecule has 2 aromatic rings. The van der Waals surface area contributed by atoms with Crippen molar-refractivity contribution in [2.45, 2.75) is 72.2 Å². The molecule has 0 aromatic carbocycles. The first-order valence-corrected chi connectivity index (χ1v) is 13.4. The summed E-state index contributed by atoms with van der Waals surface area (Å²) in [4.78, 5) is 33.0. The monoisotopic (exact) mass is 548 g/mol. The van der Waals surface area contributed by atoms with Gasteiger partial charge >= 0.3 is 17.9 Å². The molecule has 2 heterocycles. The van der Waals surface area contributed by atoms with E-state index in [1.807, 2.05) is 6.08 Å². The molecule has 0 unspecified atom stereocenters. The lowest BCUT2D eigenvalue weighted by Gasteiger charge is -2.25. The molecular formula is C32H40N2O6. The summed E-state index contributed by atoms with van der Waals surface area (Å²) in [6.07, 6.45) is 17.9. The van der Waals surface area contributed by atoms with Crippen molar-refractivity contribution in [3.63, 3.8) is 0 Å². The van der Waals surface area contributed by atoms with Crippen LogP contribution in [0.1, 0.15) is 86.9 Å². The van der Waals surface area contributed by atoms with Crippen LogP contribution in [-0.2, 0) is 9.47 Å². The Bertz CT molecular complexity index is 1160. The van der Waals surface area contributed by atoms with Crippen molar-refractivity contribution >= 4 is 11.9 Å². The van der Waals surface area contributed by atoms with Crippen LogP contribution in [0.5, 0.6) is 0 Å². The molecule has 8 heteroatoms. The topological polar surface area (TPSA) is 119 Å². The predicted octanol–water partition coefficient (Wildman–Crippen LogP) is 6.25. The van der Waals surface area contributed by atoms with Crippen LogP contribution < -0.4 is 0 Å². The number of hydrogen-bond donors (Lipinski definition) is 2. The molecule has 0 aliphatic heterocycles. The number of ether oxygens (including phenoxy) is 2. The highest BCUT2D eigenvalue weighted by Crippen LogP contribution is 2.22. The van der Waals surface area contributed by atoms with E-state index >= 15 is 0 Å². The lowest BCUT2D eigenvalue weighted by atomic mass is 10.0. The first-order chi connectivity index (χ1) is 19.1. The number of esters is 2. The largest absolute Gasteiger partial charge is 0.396 e. The fourth-order valence-corrected chi connectivity index (χ4v) is 3.77. The molecule has 40 heavy (non-hydrogen) atoms. The predicted molar refractivity (Wildman–Crippen MR) is 154 cm³/mol. The Morgan fingerprint density at radius 3 is 1.73 bits per heavy atom. The van der Waals surface area contributed by atoms with Crippen LogP contribution in [0.15, 0.2) is 95.6 Å². The molecule has 0 atom stereocenters. The van der Waals surface area contributed by atoms with Crippen molar-refractivity contribution in [1.82, 2.24) is 9.97 Å². The van der Waals surface area contributed by atoms with E-state index in [1.165, 1.54) is 66.3 Å². The molecule has 0 fully saturated rings. The second kappa shape index (κ2) is 16.9. The summed E-state index contributed by atoms with van der Waals surface area (Å²) in [5, 5.41) is 20.9. The molecule has 0 radical (unpaired) electrons. The van der Waals surface area contributed by atoms with Gasteiger partial charge in [-0.05, 0) is 96.1 Å². The Labute approximate surface area is 236 Å². The van der Waals surface area contributed by atoms with Crippen molar-refractivity contribution in [2.24, 2.45) is 0 Å². The van der Waals surface area contributed by atoms with E-state index in [4.69, 9.17) is 9.47 Å². The highest BCUT2D eigenvalue weighted by atomic mass is 16.8. The standard InChI is InChI=1S/C32H40N2O6/c1-24(2)8-5-9-25(3)10-6-12-27(23-35)13-7-11-26(4)22-32(38,39-30(36)28-14-18-33-19-15-28)40-31(37)29-16-20-34-21-17-29/h8,10,13-22,35,38H,5-7,9,11-12,23H2,1-4H3/b25-10+,26-22+,27-13-. The molecule has 8 nitrogen and oxygen atoms in total. The number of hydrogen-bond acceptors (Lipinski definition) is 8. The van der Waals surface area contributed by atoms with Crippen LogP contribution in [-0.4, -0.2) is 44.7 Å². The summed E-state index contributed by atoms with van der Waals surface area (Å²) in [5.41, 5.74) is 4.46. The minimum absolute atomic E-state index is 0.0373. The van der Waals surface area contributed by atoms with Gasteiger partial charge < -0.3 is 19.7 Å². The summed E-state index contributed by atoms with van der Waals surface area (Å²) in [5.74, 6) is -4.41. The molecule has 2 N–H and O–H groups in total. The fourth-order valence-electron chi connectivity index (χ4n) is 3.77. The van der Waals surface area contributed by atoms with Gasteiger partial charge in [-0.1, -0.05) is 34.9 Å². The van der Waals surface area contributed by atoms with Gasteiger partial charge in [0.25, 0.3) is 0 Å². The number of aliphatic hydroxyl groups is 2. The van der Waals surface area contributed by atoms with E-state index in [0.29, 0.717) is 18.4 Å². The van der Waals surface area contributed by atoms with Gasteiger partial charge in [-0.2, -0.15) is 0 Å². The van der Waals surface area contributed by atoms with Crippen LogP contribution in [0.25, 0.3) is 0 Å². The lowest BCUT2D eigenvalue weighted by molar-refractivity contribution is -0.269. The van der Waals surface area contributed by atoms with Crippen molar-refractivity contribution in [3.05, 3.63) is 107 Å². The number of pyridine rings is 2. The molecule has 0 saturated heterocycles. The number of rotatable bonds is 15. The molecule has 0 saturated carbocycles. The normalized spacial score (nSPS) is 12.6. The molecule has 0 aliphatic rings. The molecule has 214 valence electrons. The summed E-state index contributed by atoms with van der Waals surface area (Å²) in [7, 11) is 0. The maximum Gasteiger partial charge on any atom is 0.396 e. The highest BCUT2D eigenvalue weighted by Gasteiger charge is 2.35. The van der Waals surface area contributed by atoms with Crippen LogP contribution in [0.3, 0.4) is 0 Å². The fraction of sp³-hybridized carbons (Fsp3) is 0.375. The minimum atomic E-state index is -2.64. The van der Waals surface area contributed by atoms with Gasteiger partial charge in [0.1, 0.15) is 0 Å². The molecule has 0 aliphatic carbocycles. The van der Waals surface area contributed by atoms with Crippen molar-refractivity contribution < 1.29 is 29.3 Å². The third-order valence-electron chi connectivity index (χ3n) is 5.96. The van der Waals surface area contributed by atoms with Gasteiger partial charge in [-0.3, -0.25) is 9.97 Å². The highest BCUT2D eigenvalue weighted by molar-refractivity contribution is 5.91. The zero-order valence-corrected chi connectivity index (χ0v) is 23.8. The van der Waals surface area contributed by atoms with Gasteiger partial charge in [0.15, 0.2) is 0 Å². The van der Waals surface area contributed by atoms with Gasteiger partial charge in [0, 0.05) is 30.9 Å². The summed E-state index contributed by atoms with van der Waals surface area (Å²) >= 11 is 0. The Kier molecular flexibility index (Phi) is 13.7. The van der Waals surface area contributed by atoms with Gasteiger partial charge in [0.2, 0.25) is 0 Å². The van der Waals surface area contributed by atoms with Gasteiger partial charge in [-0.25, -0.2) is 9.59 Å². The van der Waals surface area contributed by atoms with E-state index in [-0.39, 0.29) is 17.7 Å². The first kappa shape index (κ1) is 32.3. The summed E-state index contributed by atoms with van der Waals surface area (Å²) < 4.78 is 10.5. The molecule has 2 aromatic heterocycles. The van der Waals surface area contributed by atoms with E-state index < -0.39 is 17.9 Å². The number of allylic oxidation sites excluding steroid dienone is 6. The Hall–Kier alpha value is -3.88. The molecule has 0 amide bonds. The van der Waals surface area contributed by atoms with E-state index in [9.17, 15) is 19.8 Å². The summed E-state index contributed by atoms with van der Waals surface area (Å²) in [6.45, 7) is 8.01. The number of aliphatic hydroxyl groups excluding tert-OH is 1. The Morgan fingerprint density at radius 1 is 0.750 bits per heavy atom. The zero-order chi connectivity index (χ0) is 29.4. The SMILES string of the molecule is CC(C)=CCC/C(C)=C/CC/C(=C/CC/C(C)=C/C(O)(OC(=O)c1ccncc1)OC(=O)c1ccncc1)CO. The van der Waals surface area contributed by atoms with Crippen LogP contribution in [0.4, 0.5) is 0 Å². The molecule has 0 spiro atoms. The van der Waals surface area contributed by atoms with E-state index in [1.54, 1.807) is 6.92 Å². The zero-order valence-electron chi connectivity index (χ0n) is 23.8. The quantitative estimate of drug-likeness (QED) is 0.152. The third-order valence-corrected chi connectivity index (χ3v) is 5.96. The second-order valence-electron chi connectivity index (χ2n) is 9.84. The van der Waals surface area contributed by atoms with Gasteiger partial charge in [-0.15, -0.1) is 0 Å². The van der Waals surface area contributed by atoms with Crippen LogP contribution in [0, 0.1) is 0 Å². The second-order valence-corrected chi connectivity index (χ2v) is 9.84. The van der Waals surface area contributed by atoms with Crippen molar-refractivity contribution in [1.29, 1.82) is 0 Å². The third kappa shape index (κ3) is 12.3. The maximum atomic E-state index is 12.7. The molecular weight excluding hydrogens is 508 g/mol. The Morgan fingerprint density at radius 2 is 1.23 bits per heavy atom. The van der Waals surface area contributed by atoms with Crippen LogP contribution >= 0.6 is 0 Å². The number of carbonyl (C=O) groups excluding carboxylic acids is 2. The van der Waals surface area contributed by atoms with Gasteiger partial charge in [0.05, 0.1) is 17.7 Å². The lowest BCUT2D eigenvalue weighted by Crippen LogP contribution is -2.38. The van der Waals surface area contributed by atoms with Crippen LogP contribution in [0.2, 0.25) is 0 Å².